The maximum Gasteiger partial charge on any atom is 0.289 e. The first-order chi connectivity index (χ1) is 12.5. The zero-order chi connectivity index (χ0) is 18.3. The van der Waals surface area contributed by atoms with Gasteiger partial charge in [0, 0.05) is 47.5 Å². The predicted molar refractivity (Wildman–Crippen MR) is 103 cm³/mol. The Bertz CT molecular complexity index is 846. The largest absolute Gasteiger partial charge is 0.451 e. The number of hydrogen-bond acceptors (Lipinski definition) is 3. The first-order valence-electron chi connectivity index (χ1n) is 9.31. The summed E-state index contributed by atoms with van der Waals surface area (Å²) in [6.07, 6.45) is 3.72. The summed E-state index contributed by atoms with van der Waals surface area (Å²) in [7, 11) is 0. The molecule has 0 radical (unpaired) electrons. The van der Waals surface area contributed by atoms with Gasteiger partial charge in [-0.05, 0) is 50.8 Å². The molecule has 5 nitrogen and oxygen atoms in total. The third kappa shape index (κ3) is 3.15. The van der Waals surface area contributed by atoms with Crippen LogP contribution in [0.15, 0.2) is 27.1 Å². The van der Waals surface area contributed by atoms with Gasteiger partial charge in [-0.3, -0.25) is 9.59 Å². The van der Waals surface area contributed by atoms with E-state index in [2.05, 4.69) is 15.9 Å². The molecule has 3 heterocycles. The van der Waals surface area contributed by atoms with E-state index in [1.165, 1.54) is 0 Å². The molecule has 0 atom stereocenters. The van der Waals surface area contributed by atoms with Crippen molar-refractivity contribution in [2.45, 2.75) is 32.6 Å². The van der Waals surface area contributed by atoms with Crippen LogP contribution in [-0.4, -0.2) is 47.8 Å². The lowest BCUT2D eigenvalue weighted by Gasteiger charge is -2.32. The maximum atomic E-state index is 12.9. The Kier molecular flexibility index (Phi) is 4.78. The molecule has 2 aromatic rings. The van der Waals surface area contributed by atoms with Gasteiger partial charge in [0.25, 0.3) is 5.91 Å². The Morgan fingerprint density at radius 1 is 1.08 bits per heavy atom. The minimum absolute atomic E-state index is 0.0601. The summed E-state index contributed by atoms with van der Waals surface area (Å²) >= 11 is 3.46. The summed E-state index contributed by atoms with van der Waals surface area (Å²) in [5.74, 6) is 0.688. The summed E-state index contributed by atoms with van der Waals surface area (Å²) in [4.78, 5) is 29.3. The number of aryl methyl sites for hydroxylation is 1. The molecule has 0 spiro atoms. The summed E-state index contributed by atoms with van der Waals surface area (Å²) in [5.41, 5.74) is 1.61. The van der Waals surface area contributed by atoms with Gasteiger partial charge in [0.15, 0.2) is 5.76 Å². The van der Waals surface area contributed by atoms with E-state index in [9.17, 15) is 9.59 Å². The molecule has 4 rings (SSSR count). The second kappa shape index (κ2) is 7.06. The van der Waals surface area contributed by atoms with Crippen molar-refractivity contribution in [2.24, 2.45) is 5.92 Å². The zero-order valence-electron chi connectivity index (χ0n) is 15.0. The van der Waals surface area contributed by atoms with E-state index in [1.54, 1.807) is 0 Å². The van der Waals surface area contributed by atoms with Gasteiger partial charge < -0.3 is 14.2 Å². The highest BCUT2D eigenvalue weighted by Crippen LogP contribution is 2.30. The maximum absolute atomic E-state index is 12.9. The molecule has 0 unspecified atom stereocenters. The number of rotatable bonds is 2. The lowest BCUT2D eigenvalue weighted by molar-refractivity contribution is -0.135. The number of fused-ring (bicyclic) bond motifs is 1. The number of halogens is 1. The topological polar surface area (TPSA) is 53.8 Å². The Balaban J connectivity index is 1.45. The average Bonchev–Trinajstić information content (AvgIpc) is 3.30. The molecule has 0 bridgehead atoms. The number of benzene rings is 1. The van der Waals surface area contributed by atoms with Crippen molar-refractivity contribution in [3.05, 3.63) is 34.0 Å². The van der Waals surface area contributed by atoms with Crippen LogP contribution in [0.25, 0.3) is 11.0 Å². The number of amides is 2. The molecule has 2 aliphatic heterocycles. The average molecular weight is 419 g/mol. The number of carbonyl (C=O) groups excluding carboxylic acids is 2. The number of hydrogen-bond donors (Lipinski definition) is 0. The molecule has 1 aromatic carbocycles. The Hall–Kier alpha value is -1.82. The SMILES string of the molecule is Cc1c(C(=O)N2CCC(C(=O)N3CCCC3)CC2)oc2ccc(Br)cc12. The summed E-state index contributed by atoms with van der Waals surface area (Å²) in [6, 6.07) is 5.77. The van der Waals surface area contributed by atoms with Crippen LogP contribution in [0, 0.1) is 12.8 Å². The van der Waals surface area contributed by atoms with Crippen LogP contribution in [0.4, 0.5) is 0 Å². The minimum atomic E-state index is -0.0677. The van der Waals surface area contributed by atoms with Crippen molar-refractivity contribution >= 4 is 38.7 Å². The molecule has 138 valence electrons. The molecular formula is C20H23BrN2O3. The van der Waals surface area contributed by atoms with Gasteiger partial charge in [0.1, 0.15) is 5.58 Å². The number of nitrogens with zero attached hydrogens (tertiary/aromatic N) is 2. The fraction of sp³-hybridized carbons (Fsp3) is 0.500. The van der Waals surface area contributed by atoms with E-state index in [-0.39, 0.29) is 17.7 Å². The van der Waals surface area contributed by atoms with Crippen LogP contribution in [0.5, 0.6) is 0 Å². The van der Waals surface area contributed by atoms with Crippen LogP contribution in [-0.2, 0) is 4.79 Å². The molecule has 2 aliphatic rings. The highest BCUT2D eigenvalue weighted by Gasteiger charge is 2.32. The highest BCUT2D eigenvalue weighted by atomic mass is 79.9. The molecule has 0 saturated carbocycles. The summed E-state index contributed by atoms with van der Waals surface area (Å²) in [5, 5.41) is 0.960. The smallest absolute Gasteiger partial charge is 0.289 e. The fourth-order valence-electron chi connectivity index (χ4n) is 4.07. The van der Waals surface area contributed by atoms with Crippen LogP contribution in [0.3, 0.4) is 0 Å². The molecular weight excluding hydrogens is 396 g/mol. The monoisotopic (exact) mass is 418 g/mol. The van der Waals surface area contributed by atoms with Crippen LogP contribution < -0.4 is 0 Å². The lowest BCUT2D eigenvalue weighted by Crippen LogP contribution is -2.43. The second-order valence-corrected chi connectivity index (χ2v) is 8.21. The molecule has 0 aliphatic carbocycles. The van der Waals surface area contributed by atoms with Crippen molar-refractivity contribution in [3.8, 4) is 0 Å². The van der Waals surface area contributed by atoms with Gasteiger partial charge in [0.2, 0.25) is 5.91 Å². The molecule has 2 fully saturated rings. The molecule has 2 amide bonds. The van der Waals surface area contributed by atoms with Gasteiger partial charge in [-0.1, -0.05) is 15.9 Å². The molecule has 26 heavy (non-hydrogen) atoms. The highest BCUT2D eigenvalue weighted by molar-refractivity contribution is 9.10. The van der Waals surface area contributed by atoms with E-state index >= 15 is 0 Å². The van der Waals surface area contributed by atoms with Crippen molar-refractivity contribution in [1.82, 2.24) is 9.80 Å². The van der Waals surface area contributed by atoms with Crippen molar-refractivity contribution in [3.63, 3.8) is 0 Å². The Morgan fingerprint density at radius 2 is 1.77 bits per heavy atom. The summed E-state index contributed by atoms with van der Waals surface area (Å²) in [6.45, 7) is 4.94. The Labute approximate surface area is 161 Å². The van der Waals surface area contributed by atoms with Crippen LogP contribution in [0.2, 0.25) is 0 Å². The van der Waals surface area contributed by atoms with E-state index < -0.39 is 0 Å². The van der Waals surface area contributed by atoms with Gasteiger partial charge in [0.05, 0.1) is 0 Å². The normalized spacial score (nSPS) is 18.7. The van der Waals surface area contributed by atoms with E-state index in [1.807, 2.05) is 34.9 Å². The number of furan rings is 1. The van der Waals surface area contributed by atoms with Gasteiger partial charge in [-0.25, -0.2) is 0 Å². The third-order valence-corrected chi connectivity index (χ3v) is 6.13. The number of carbonyl (C=O) groups is 2. The molecule has 6 heteroatoms. The quantitative estimate of drug-likeness (QED) is 0.740. The lowest BCUT2D eigenvalue weighted by atomic mass is 9.95. The zero-order valence-corrected chi connectivity index (χ0v) is 16.5. The molecule has 2 saturated heterocycles. The molecule has 1 aromatic heterocycles. The van der Waals surface area contributed by atoms with Crippen molar-refractivity contribution in [2.75, 3.05) is 26.2 Å². The summed E-state index contributed by atoms with van der Waals surface area (Å²) < 4.78 is 6.80. The first-order valence-corrected chi connectivity index (χ1v) is 10.1. The van der Waals surface area contributed by atoms with Crippen molar-refractivity contribution < 1.29 is 14.0 Å². The Morgan fingerprint density at radius 3 is 2.46 bits per heavy atom. The van der Waals surface area contributed by atoms with Gasteiger partial charge in [-0.15, -0.1) is 0 Å². The second-order valence-electron chi connectivity index (χ2n) is 7.30. The van der Waals surface area contributed by atoms with Crippen LogP contribution >= 0.6 is 15.9 Å². The van der Waals surface area contributed by atoms with Gasteiger partial charge in [-0.2, -0.15) is 0 Å². The number of piperidine rings is 1. The fourth-order valence-corrected chi connectivity index (χ4v) is 4.43. The molecule has 0 N–H and O–H groups in total. The number of likely N-dealkylation sites (tertiary alicyclic amines) is 2. The first kappa shape index (κ1) is 17.6. The van der Waals surface area contributed by atoms with E-state index in [0.717, 1.165) is 59.8 Å². The van der Waals surface area contributed by atoms with Gasteiger partial charge >= 0.3 is 0 Å². The third-order valence-electron chi connectivity index (χ3n) is 5.64. The minimum Gasteiger partial charge on any atom is -0.451 e. The van der Waals surface area contributed by atoms with E-state index in [0.29, 0.717) is 18.8 Å². The predicted octanol–water partition coefficient (Wildman–Crippen LogP) is 3.98. The van der Waals surface area contributed by atoms with E-state index in [4.69, 9.17) is 4.42 Å². The standard InChI is InChI=1S/C20H23BrN2O3/c1-13-16-12-15(21)4-5-17(16)26-18(13)20(25)23-10-6-14(7-11-23)19(24)22-8-2-3-9-22/h4-5,12,14H,2-3,6-11H2,1H3. The van der Waals surface area contributed by atoms with Crippen LogP contribution in [0.1, 0.15) is 41.8 Å². The van der Waals surface area contributed by atoms with Crippen molar-refractivity contribution in [1.29, 1.82) is 0 Å².